The fourth-order valence-corrected chi connectivity index (χ4v) is 3.11. The molecule has 0 aliphatic heterocycles. The number of hydrogen-bond acceptors (Lipinski definition) is 4. The number of thioether (sulfide) groups is 1. The van der Waals surface area contributed by atoms with Gasteiger partial charge in [0.05, 0.1) is 5.25 Å². The Morgan fingerprint density at radius 2 is 2.09 bits per heavy atom. The van der Waals surface area contributed by atoms with Crippen LogP contribution in [0.4, 0.5) is 0 Å². The Kier molecular flexibility index (Phi) is 4.47. The maximum absolute atomic E-state index is 12.2. The van der Waals surface area contributed by atoms with Crippen LogP contribution >= 0.6 is 11.8 Å². The van der Waals surface area contributed by atoms with E-state index in [1.165, 1.54) is 24.6 Å². The zero-order chi connectivity index (χ0) is 15.5. The van der Waals surface area contributed by atoms with Gasteiger partial charge < -0.3 is 9.88 Å². The van der Waals surface area contributed by atoms with Gasteiger partial charge in [0.25, 0.3) is 0 Å². The summed E-state index contributed by atoms with van der Waals surface area (Å²) in [6, 6.07) is 9.91. The van der Waals surface area contributed by atoms with Gasteiger partial charge in [-0.3, -0.25) is 4.79 Å². The molecular weight excluding hydrogens is 296 g/mol. The van der Waals surface area contributed by atoms with Crippen molar-refractivity contribution in [1.82, 2.24) is 20.1 Å². The largest absolute Gasteiger partial charge is 0.351 e. The van der Waals surface area contributed by atoms with Crippen molar-refractivity contribution in [2.24, 2.45) is 7.05 Å². The van der Waals surface area contributed by atoms with Gasteiger partial charge in [0, 0.05) is 19.5 Å². The van der Waals surface area contributed by atoms with E-state index in [9.17, 15) is 4.79 Å². The number of nitrogens with zero attached hydrogens (tertiary/aromatic N) is 3. The summed E-state index contributed by atoms with van der Waals surface area (Å²) in [6.45, 7) is 2.45. The lowest BCUT2D eigenvalue weighted by molar-refractivity contribution is -0.120. The Balaban J connectivity index is 1.54. The molecule has 22 heavy (non-hydrogen) atoms. The predicted molar refractivity (Wildman–Crippen MR) is 86.6 cm³/mol. The van der Waals surface area contributed by atoms with E-state index in [-0.39, 0.29) is 11.2 Å². The molecule has 1 amide bonds. The highest BCUT2D eigenvalue weighted by Gasteiger charge is 2.30. The summed E-state index contributed by atoms with van der Waals surface area (Å²) in [5.41, 5.74) is 1.10. The molecule has 2 aromatic rings. The Morgan fingerprint density at radius 1 is 1.36 bits per heavy atom. The lowest BCUT2D eigenvalue weighted by atomic mass is 10.2. The molecule has 116 valence electrons. The average molecular weight is 316 g/mol. The van der Waals surface area contributed by atoms with Crippen LogP contribution in [-0.4, -0.2) is 25.9 Å². The fourth-order valence-electron chi connectivity index (χ4n) is 2.27. The minimum absolute atomic E-state index is 0.0184. The second kappa shape index (κ2) is 6.52. The molecule has 5 nitrogen and oxygen atoms in total. The third kappa shape index (κ3) is 3.50. The standard InChI is InChI=1S/C16H20N4OS/c1-11(15(21)17-10-12-6-4-3-5-7-12)22-16-19-18-14(20(16)2)13-8-9-13/h3-7,11,13H,8-10H2,1-2H3,(H,17,21)/t11-/m0/s1. The molecule has 0 radical (unpaired) electrons. The minimum Gasteiger partial charge on any atom is -0.351 e. The first-order valence-corrected chi connectivity index (χ1v) is 8.40. The summed E-state index contributed by atoms with van der Waals surface area (Å²) in [5, 5.41) is 12.0. The number of benzene rings is 1. The fraction of sp³-hybridized carbons (Fsp3) is 0.438. The number of carbonyl (C=O) groups excluding carboxylic acids is 1. The van der Waals surface area contributed by atoms with Crippen LogP contribution in [0.25, 0.3) is 0 Å². The van der Waals surface area contributed by atoms with E-state index in [1.54, 1.807) is 0 Å². The van der Waals surface area contributed by atoms with Crippen molar-refractivity contribution >= 4 is 17.7 Å². The molecule has 0 bridgehead atoms. The van der Waals surface area contributed by atoms with Crippen molar-refractivity contribution in [3.05, 3.63) is 41.7 Å². The van der Waals surface area contributed by atoms with Gasteiger partial charge in [-0.15, -0.1) is 10.2 Å². The van der Waals surface area contributed by atoms with Crippen molar-refractivity contribution < 1.29 is 4.79 Å². The zero-order valence-electron chi connectivity index (χ0n) is 12.8. The van der Waals surface area contributed by atoms with Crippen LogP contribution in [0.2, 0.25) is 0 Å². The molecule has 1 aliphatic rings. The summed E-state index contributed by atoms with van der Waals surface area (Å²) < 4.78 is 2.02. The molecule has 1 heterocycles. The zero-order valence-corrected chi connectivity index (χ0v) is 13.6. The monoisotopic (exact) mass is 316 g/mol. The highest BCUT2D eigenvalue weighted by atomic mass is 32.2. The van der Waals surface area contributed by atoms with Crippen LogP contribution in [-0.2, 0) is 18.4 Å². The normalized spacial score (nSPS) is 15.5. The van der Waals surface area contributed by atoms with Gasteiger partial charge >= 0.3 is 0 Å². The van der Waals surface area contributed by atoms with Crippen molar-refractivity contribution in [3.63, 3.8) is 0 Å². The lowest BCUT2D eigenvalue weighted by Crippen LogP contribution is -2.30. The molecule has 1 aromatic carbocycles. The number of hydrogen-bond donors (Lipinski definition) is 1. The number of amides is 1. The molecule has 1 aliphatic carbocycles. The molecule has 1 saturated carbocycles. The topological polar surface area (TPSA) is 59.8 Å². The molecule has 6 heteroatoms. The first-order valence-electron chi connectivity index (χ1n) is 7.52. The van der Waals surface area contributed by atoms with Gasteiger partial charge in [-0.25, -0.2) is 0 Å². The van der Waals surface area contributed by atoms with E-state index in [2.05, 4.69) is 15.5 Å². The smallest absolute Gasteiger partial charge is 0.233 e. The van der Waals surface area contributed by atoms with E-state index >= 15 is 0 Å². The lowest BCUT2D eigenvalue weighted by Gasteiger charge is -2.11. The molecule has 0 saturated heterocycles. The molecule has 0 unspecified atom stereocenters. The second-order valence-electron chi connectivity index (χ2n) is 5.64. The molecule has 3 rings (SSSR count). The predicted octanol–water partition coefficient (Wildman–Crippen LogP) is 2.49. The van der Waals surface area contributed by atoms with Gasteiger partial charge in [-0.1, -0.05) is 42.1 Å². The summed E-state index contributed by atoms with van der Waals surface area (Å²) in [4.78, 5) is 12.2. The second-order valence-corrected chi connectivity index (χ2v) is 6.95. The molecule has 1 atom stereocenters. The van der Waals surface area contributed by atoms with Crippen molar-refractivity contribution in [2.45, 2.75) is 42.6 Å². The molecule has 1 N–H and O–H groups in total. The third-order valence-electron chi connectivity index (χ3n) is 3.77. The van der Waals surface area contributed by atoms with Crippen LogP contribution in [0.5, 0.6) is 0 Å². The number of nitrogens with one attached hydrogen (secondary N) is 1. The van der Waals surface area contributed by atoms with E-state index < -0.39 is 0 Å². The maximum Gasteiger partial charge on any atom is 0.233 e. The summed E-state index contributed by atoms with van der Waals surface area (Å²) in [5.74, 6) is 1.62. The Morgan fingerprint density at radius 3 is 2.77 bits per heavy atom. The van der Waals surface area contributed by atoms with Crippen LogP contribution in [0.3, 0.4) is 0 Å². The minimum atomic E-state index is -0.196. The maximum atomic E-state index is 12.2. The molecule has 1 aromatic heterocycles. The van der Waals surface area contributed by atoms with Crippen LogP contribution in [0.15, 0.2) is 35.5 Å². The van der Waals surface area contributed by atoms with E-state index in [4.69, 9.17) is 0 Å². The van der Waals surface area contributed by atoms with Crippen molar-refractivity contribution in [3.8, 4) is 0 Å². The third-order valence-corrected chi connectivity index (χ3v) is 4.91. The number of carbonyl (C=O) groups is 1. The van der Waals surface area contributed by atoms with E-state index in [1.807, 2.05) is 48.9 Å². The highest BCUT2D eigenvalue weighted by molar-refractivity contribution is 8.00. The van der Waals surface area contributed by atoms with E-state index in [0.717, 1.165) is 16.5 Å². The van der Waals surface area contributed by atoms with Crippen LogP contribution in [0.1, 0.15) is 37.1 Å². The van der Waals surface area contributed by atoms with E-state index in [0.29, 0.717) is 12.5 Å². The van der Waals surface area contributed by atoms with Crippen LogP contribution < -0.4 is 5.32 Å². The Bertz CT molecular complexity index is 651. The van der Waals surface area contributed by atoms with Gasteiger partial charge in [0.1, 0.15) is 5.82 Å². The number of rotatable bonds is 6. The van der Waals surface area contributed by atoms with Crippen molar-refractivity contribution in [2.75, 3.05) is 0 Å². The first-order chi connectivity index (χ1) is 10.6. The summed E-state index contributed by atoms with van der Waals surface area (Å²) in [6.07, 6.45) is 2.40. The van der Waals surface area contributed by atoms with Gasteiger partial charge in [0.15, 0.2) is 5.16 Å². The molecular formula is C16H20N4OS. The highest BCUT2D eigenvalue weighted by Crippen LogP contribution is 2.39. The molecule has 1 fully saturated rings. The SMILES string of the molecule is C[C@H](Sc1nnc(C2CC2)n1C)C(=O)NCc1ccccc1. The molecule has 0 spiro atoms. The summed E-state index contributed by atoms with van der Waals surface area (Å²) in [7, 11) is 1.98. The van der Waals surface area contributed by atoms with Crippen molar-refractivity contribution in [1.29, 1.82) is 0 Å². The first kappa shape index (κ1) is 15.1. The Labute approximate surface area is 134 Å². The van der Waals surface area contributed by atoms with Gasteiger partial charge in [-0.05, 0) is 25.3 Å². The number of aromatic nitrogens is 3. The van der Waals surface area contributed by atoms with Crippen LogP contribution in [0, 0.1) is 0 Å². The van der Waals surface area contributed by atoms with Gasteiger partial charge in [-0.2, -0.15) is 0 Å². The summed E-state index contributed by atoms with van der Waals surface area (Å²) >= 11 is 1.46. The van der Waals surface area contributed by atoms with Gasteiger partial charge in [0.2, 0.25) is 5.91 Å². The average Bonchev–Trinajstić information content (AvgIpc) is 3.31. The quantitative estimate of drug-likeness (QED) is 0.832. The Hall–Kier alpha value is -1.82.